The molecule has 10 heteroatoms. The topological polar surface area (TPSA) is 126 Å². The number of fused-ring (bicyclic) bond motifs is 1. The van der Waals surface area contributed by atoms with Crippen LogP contribution in [-0.2, 0) is 15.6 Å². The Balaban J connectivity index is 2.14. The van der Waals surface area contributed by atoms with E-state index in [1.54, 1.807) is 11.4 Å². The standard InChI is InChI=1S/C19H28N8O2/c1-9-29-17(28)11-13(18(3,4)5)22-24-15(11)23-21-12-14(19(6,7)8)26-27-10(2)20-25-16(12)27/h26H,9H2,1-8H3,(H,22,24). The van der Waals surface area contributed by atoms with E-state index in [0.29, 0.717) is 28.4 Å². The van der Waals surface area contributed by atoms with Gasteiger partial charge in [-0.05, 0) is 13.8 Å². The molecule has 0 radical (unpaired) electrons. The molecule has 0 amide bonds. The summed E-state index contributed by atoms with van der Waals surface area (Å²) in [5, 5.41) is 27.5. The average molecular weight is 400 g/mol. The molecule has 0 aromatic carbocycles. The number of hydrogen-bond acceptors (Lipinski definition) is 7. The summed E-state index contributed by atoms with van der Waals surface area (Å²) in [4.78, 5) is 12.6. The van der Waals surface area contributed by atoms with Crippen LogP contribution in [-0.4, -0.2) is 42.6 Å². The van der Waals surface area contributed by atoms with Crippen molar-refractivity contribution >= 4 is 23.1 Å². The molecule has 0 bridgehead atoms. The molecule has 0 aliphatic rings. The van der Waals surface area contributed by atoms with Crippen LogP contribution in [0.15, 0.2) is 10.2 Å². The van der Waals surface area contributed by atoms with E-state index < -0.39 is 5.97 Å². The third-order valence-corrected chi connectivity index (χ3v) is 4.47. The van der Waals surface area contributed by atoms with Crippen molar-refractivity contribution in [2.24, 2.45) is 10.2 Å². The van der Waals surface area contributed by atoms with Crippen LogP contribution in [0.4, 0.5) is 11.5 Å². The maximum atomic E-state index is 12.6. The highest BCUT2D eigenvalue weighted by Gasteiger charge is 2.30. The summed E-state index contributed by atoms with van der Waals surface area (Å²) in [6.45, 7) is 16.0. The van der Waals surface area contributed by atoms with Gasteiger partial charge in [0.2, 0.25) is 11.5 Å². The zero-order valence-corrected chi connectivity index (χ0v) is 18.2. The van der Waals surface area contributed by atoms with Crippen LogP contribution < -0.4 is 0 Å². The number of aryl methyl sites for hydroxylation is 1. The molecule has 0 spiro atoms. The average Bonchev–Trinajstić information content (AvgIpc) is 3.27. The third kappa shape index (κ3) is 3.79. The number of aromatic nitrogens is 6. The van der Waals surface area contributed by atoms with Crippen molar-refractivity contribution in [1.82, 2.24) is 30.0 Å². The molecule has 156 valence electrons. The van der Waals surface area contributed by atoms with Gasteiger partial charge in [0.1, 0.15) is 11.4 Å². The number of nitrogens with one attached hydrogen (secondary N) is 2. The van der Waals surface area contributed by atoms with Crippen LogP contribution in [0.1, 0.15) is 76.0 Å². The number of rotatable bonds is 4. The van der Waals surface area contributed by atoms with Crippen LogP contribution in [0.2, 0.25) is 0 Å². The highest BCUT2D eigenvalue weighted by Crippen LogP contribution is 2.36. The lowest BCUT2D eigenvalue weighted by atomic mass is 9.89. The number of azo groups is 1. The molecule has 0 fully saturated rings. The van der Waals surface area contributed by atoms with Crippen molar-refractivity contribution < 1.29 is 9.53 Å². The minimum Gasteiger partial charge on any atom is -0.462 e. The van der Waals surface area contributed by atoms with Crippen LogP contribution >= 0.6 is 0 Å². The minimum atomic E-state index is -0.478. The number of hydrogen-bond donors (Lipinski definition) is 2. The van der Waals surface area contributed by atoms with E-state index in [0.717, 1.165) is 5.69 Å². The van der Waals surface area contributed by atoms with Gasteiger partial charge < -0.3 is 4.74 Å². The monoisotopic (exact) mass is 400 g/mol. The van der Waals surface area contributed by atoms with Gasteiger partial charge in [-0.25, -0.2) is 9.31 Å². The molecule has 0 atom stereocenters. The van der Waals surface area contributed by atoms with Gasteiger partial charge in [-0.2, -0.15) is 5.10 Å². The SMILES string of the molecule is CCOC(=O)c1c(N=Nc2c(C(C)(C)C)[nH]n3c(C)nnc23)n[nH]c1C(C)(C)C. The van der Waals surface area contributed by atoms with Crippen molar-refractivity contribution in [3.8, 4) is 0 Å². The van der Waals surface area contributed by atoms with Crippen LogP contribution in [0, 0.1) is 6.92 Å². The van der Waals surface area contributed by atoms with Gasteiger partial charge in [0.05, 0.1) is 18.0 Å². The van der Waals surface area contributed by atoms with E-state index in [1.807, 2.05) is 27.7 Å². The first-order chi connectivity index (χ1) is 13.4. The van der Waals surface area contributed by atoms with Gasteiger partial charge in [-0.15, -0.1) is 20.4 Å². The lowest BCUT2D eigenvalue weighted by Crippen LogP contribution is -2.17. The maximum absolute atomic E-state index is 12.6. The van der Waals surface area contributed by atoms with E-state index in [1.165, 1.54) is 0 Å². The number of carbonyl (C=O) groups is 1. The van der Waals surface area contributed by atoms with Gasteiger partial charge in [0.15, 0.2) is 5.69 Å². The molecule has 0 aliphatic carbocycles. The van der Waals surface area contributed by atoms with Crippen LogP contribution in [0.3, 0.4) is 0 Å². The molecule has 0 saturated heterocycles. The van der Waals surface area contributed by atoms with Crippen molar-refractivity contribution in [2.45, 2.75) is 66.2 Å². The Morgan fingerprint density at radius 1 is 1.07 bits per heavy atom. The maximum Gasteiger partial charge on any atom is 0.344 e. The fourth-order valence-corrected chi connectivity index (χ4v) is 2.99. The molecule has 0 aliphatic heterocycles. The zero-order chi connectivity index (χ0) is 21.6. The third-order valence-electron chi connectivity index (χ3n) is 4.47. The fraction of sp³-hybridized carbons (Fsp3) is 0.579. The smallest absolute Gasteiger partial charge is 0.344 e. The Morgan fingerprint density at radius 2 is 1.72 bits per heavy atom. The van der Waals surface area contributed by atoms with E-state index in [-0.39, 0.29) is 23.3 Å². The number of H-pyrrole nitrogens is 2. The Labute approximate surface area is 169 Å². The minimum absolute atomic E-state index is 0.184. The molecule has 2 N–H and O–H groups in total. The van der Waals surface area contributed by atoms with Crippen molar-refractivity contribution in [3.63, 3.8) is 0 Å². The summed E-state index contributed by atoms with van der Waals surface area (Å²) in [5.74, 6) is 0.423. The second kappa shape index (κ2) is 7.09. The Morgan fingerprint density at radius 3 is 2.31 bits per heavy atom. The molecule has 3 rings (SSSR count). The molecule has 0 unspecified atom stereocenters. The summed E-state index contributed by atoms with van der Waals surface area (Å²) in [5.41, 5.74) is 2.37. The van der Waals surface area contributed by atoms with Gasteiger partial charge in [-0.1, -0.05) is 41.5 Å². The molecule has 0 saturated carbocycles. The second-order valence-electron chi connectivity index (χ2n) is 8.96. The van der Waals surface area contributed by atoms with Gasteiger partial charge in [0.25, 0.3) is 0 Å². The summed E-state index contributed by atoms with van der Waals surface area (Å²) in [6, 6.07) is 0. The first-order valence-electron chi connectivity index (χ1n) is 9.57. The predicted molar refractivity (Wildman–Crippen MR) is 108 cm³/mol. The van der Waals surface area contributed by atoms with E-state index in [4.69, 9.17) is 4.74 Å². The normalized spacial score (nSPS) is 13.0. The molecular formula is C19H28N8O2. The first kappa shape index (κ1) is 20.7. The van der Waals surface area contributed by atoms with E-state index in [9.17, 15) is 4.79 Å². The Bertz CT molecular complexity index is 1070. The summed E-state index contributed by atoms with van der Waals surface area (Å²) < 4.78 is 6.99. The highest BCUT2D eigenvalue weighted by atomic mass is 16.5. The van der Waals surface area contributed by atoms with E-state index in [2.05, 4.69) is 56.5 Å². The Hall–Kier alpha value is -3.04. The lowest BCUT2D eigenvalue weighted by Gasteiger charge is -2.17. The lowest BCUT2D eigenvalue weighted by molar-refractivity contribution is 0.0524. The molecule has 10 nitrogen and oxygen atoms in total. The van der Waals surface area contributed by atoms with Crippen LogP contribution in [0.5, 0.6) is 0 Å². The number of aromatic amines is 2. The first-order valence-corrected chi connectivity index (χ1v) is 9.57. The number of esters is 1. The van der Waals surface area contributed by atoms with Gasteiger partial charge in [-0.3, -0.25) is 10.2 Å². The van der Waals surface area contributed by atoms with Crippen molar-refractivity contribution in [1.29, 1.82) is 0 Å². The molecular weight excluding hydrogens is 372 g/mol. The molecule has 3 heterocycles. The zero-order valence-electron chi connectivity index (χ0n) is 18.2. The predicted octanol–water partition coefficient (Wildman–Crippen LogP) is 4.28. The van der Waals surface area contributed by atoms with Gasteiger partial charge >= 0.3 is 5.97 Å². The van der Waals surface area contributed by atoms with Gasteiger partial charge in [0, 0.05) is 10.8 Å². The fourth-order valence-electron chi connectivity index (χ4n) is 2.99. The van der Waals surface area contributed by atoms with Crippen molar-refractivity contribution in [2.75, 3.05) is 6.61 Å². The van der Waals surface area contributed by atoms with Crippen LogP contribution in [0.25, 0.3) is 5.65 Å². The highest BCUT2D eigenvalue weighted by molar-refractivity contribution is 5.95. The number of carbonyl (C=O) groups excluding carboxylic acids is 1. The Kier molecular flexibility index (Phi) is 5.06. The largest absolute Gasteiger partial charge is 0.462 e. The van der Waals surface area contributed by atoms with E-state index >= 15 is 0 Å². The quantitative estimate of drug-likeness (QED) is 0.499. The molecule has 3 aromatic rings. The summed E-state index contributed by atoms with van der Waals surface area (Å²) in [6.07, 6.45) is 0. The summed E-state index contributed by atoms with van der Waals surface area (Å²) >= 11 is 0. The van der Waals surface area contributed by atoms with Crippen molar-refractivity contribution in [3.05, 3.63) is 22.8 Å². The summed E-state index contributed by atoms with van der Waals surface area (Å²) in [7, 11) is 0. The molecule has 3 aromatic heterocycles. The second-order valence-corrected chi connectivity index (χ2v) is 8.96. The molecule has 29 heavy (non-hydrogen) atoms. The number of ether oxygens (including phenoxy) is 1. The number of nitrogens with zero attached hydrogens (tertiary/aromatic N) is 6.